The monoisotopic (exact) mass is 285 g/mol. The van der Waals surface area contributed by atoms with Crippen LogP contribution < -0.4 is 14.8 Å². The van der Waals surface area contributed by atoms with E-state index in [1.54, 1.807) is 7.11 Å². The molecule has 0 bridgehead atoms. The van der Waals surface area contributed by atoms with Crippen molar-refractivity contribution in [2.24, 2.45) is 0 Å². The Bertz CT molecular complexity index is 608. The Balaban J connectivity index is 2.17. The number of aryl methyl sites for hydroxylation is 2. The van der Waals surface area contributed by atoms with E-state index in [4.69, 9.17) is 9.47 Å². The summed E-state index contributed by atoms with van der Waals surface area (Å²) in [5, 5.41) is 3.46. The van der Waals surface area contributed by atoms with Crippen LogP contribution in [0.5, 0.6) is 11.5 Å². The van der Waals surface area contributed by atoms with Crippen molar-refractivity contribution >= 4 is 5.69 Å². The van der Waals surface area contributed by atoms with E-state index in [1.165, 1.54) is 11.1 Å². The number of ether oxygens (including phenoxy) is 2. The lowest BCUT2D eigenvalue weighted by Crippen LogP contribution is -2.04. The van der Waals surface area contributed by atoms with Crippen molar-refractivity contribution in [2.75, 3.05) is 19.0 Å². The molecule has 0 aliphatic rings. The Morgan fingerprint density at radius 1 is 1.10 bits per heavy atom. The number of methoxy groups -OCH3 is 1. The highest BCUT2D eigenvalue weighted by atomic mass is 16.5. The summed E-state index contributed by atoms with van der Waals surface area (Å²) in [6, 6.07) is 12.4. The molecule has 2 aromatic carbocycles. The van der Waals surface area contributed by atoms with Gasteiger partial charge in [-0.05, 0) is 38.5 Å². The Hall–Kier alpha value is -2.16. The molecule has 0 aromatic heterocycles. The predicted octanol–water partition coefficient (Wildman–Crippen LogP) is 4.32. The summed E-state index contributed by atoms with van der Waals surface area (Å²) >= 11 is 0. The second kappa shape index (κ2) is 7.02. The summed E-state index contributed by atoms with van der Waals surface area (Å²) in [5.41, 5.74) is 4.75. The highest BCUT2D eigenvalue weighted by Crippen LogP contribution is 2.31. The standard InChI is InChI=1S/C18H23NO2/c1-5-21-17-8-6-7-15(18(17)20-4)12-19-16-10-9-13(2)11-14(16)3/h6-11,19H,5,12H2,1-4H3. The van der Waals surface area contributed by atoms with Gasteiger partial charge < -0.3 is 14.8 Å². The zero-order valence-corrected chi connectivity index (χ0v) is 13.2. The van der Waals surface area contributed by atoms with Crippen LogP contribution in [-0.4, -0.2) is 13.7 Å². The van der Waals surface area contributed by atoms with Gasteiger partial charge in [-0.1, -0.05) is 29.8 Å². The molecule has 0 radical (unpaired) electrons. The van der Waals surface area contributed by atoms with Crippen molar-refractivity contribution in [3.8, 4) is 11.5 Å². The molecule has 3 heteroatoms. The summed E-state index contributed by atoms with van der Waals surface area (Å²) < 4.78 is 11.1. The van der Waals surface area contributed by atoms with Gasteiger partial charge in [0.15, 0.2) is 11.5 Å². The zero-order chi connectivity index (χ0) is 15.2. The minimum atomic E-state index is 0.629. The van der Waals surface area contributed by atoms with Crippen LogP contribution in [0.1, 0.15) is 23.6 Å². The predicted molar refractivity (Wildman–Crippen MR) is 87.4 cm³/mol. The largest absolute Gasteiger partial charge is 0.493 e. The van der Waals surface area contributed by atoms with Gasteiger partial charge in [-0.2, -0.15) is 0 Å². The lowest BCUT2D eigenvalue weighted by Gasteiger charge is -2.15. The van der Waals surface area contributed by atoms with Gasteiger partial charge >= 0.3 is 0 Å². The molecule has 0 unspecified atom stereocenters. The second-order valence-electron chi connectivity index (χ2n) is 5.05. The Kier molecular flexibility index (Phi) is 5.09. The van der Waals surface area contributed by atoms with Gasteiger partial charge in [0.1, 0.15) is 0 Å². The SMILES string of the molecule is CCOc1cccc(CNc2ccc(C)cc2C)c1OC. The molecular weight excluding hydrogens is 262 g/mol. The molecule has 0 aliphatic heterocycles. The van der Waals surface area contributed by atoms with Crippen LogP contribution in [0.2, 0.25) is 0 Å². The summed E-state index contributed by atoms with van der Waals surface area (Å²) in [4.78, 5) is 0. The van der Waals surface area contributed by atoms with E-state index in [-0.39, 0.29) is 0 Å². The van der Waals surface area contributed by atoms with Gasteiger partial charge in [-0.15, -0.1) is 0 Å². The van der Waals surface area contributed by atoms with E-state index in [0.717, 1.165) is 22.7 Å². The molecule has 2 aromatic rings. The van der Waals surface area contributed by atoms with Crippen LogP contribution in [0.4, 0.5) is 5.69 Å². The van der Waals surface area contributed by atoms with Crippen LogP contribution in [0.15, 0.2) is 36.4 Å². The summed E-state index contributed by atoms with van der Waals surface area (Å²) in [5.74, 6) is 1.59. The van der Waals surface area contributed by atoms with Crippen LogP contribution in [0.3, 0.4) is 0 Å². The third kappa shape index (κ3) is 3.69. The maximum absolute atomic E-state index is 5.61. The third-order valence-electron chi connectivity index (χ3n) is 3.42. The molecule has 0 saturated carbocycles. The van der Waals surface area contributed by atoms with Gasteiger partial charge in [-0.25, -0.2) is 0 Å². The Morgan fingerprint density at radius 2 is 1.90 bits per heavy atom. The van der Waals surface area contributed by atoms with E-state index in [0.29, 0.717) is 13.2 Å². The van der Waals surface area contributed by atoms with Gasteiger partial charge in [0.2, 0.25) is 0 Å². The summed E-state index contributed by atoms with van der Waals surface area (Å²) in [6.07, 6.45) is 0. The van der Waals surface area contributed by atoms with E-state index < -0.39 is 0 Å². The molecule has 0 amide bonds. The van der Waals surface area contributed by atoms with Crippen LogP contribution in [0.25, 0.3) is 0 Å². The van der Waals surface area contributed by atoms with Crippen LogP contribution in [-0.2, 0) is 6.54 Å². The lowest BCUT2D eigenvalue weighted by molar-refractivity contribution is 0.309. The van der Waals surface area contributed by atoms with E-state index in [2.05, 4.69) is 43.4 Å². The van der Waals surface area contributed by atoms with Crippen molar-refractivity contribution in [1.29, 1.82) is 0 Å². The van der Waals surface area contributed by atoms with Crippen molar-refractivity contribution in [3.05, 3.63) is 53.1 Å². The molecule has 112 valence electrons. The number of nitrogens with one attached hydrogen (secondary N) is 1. The highest BCUT2D eigenvalue weighted by Gasteiger charge is 2.10. The normalized spacial score (nSPS) is 10.3. The molecule has 0 aliphatic carbocycles. The minimum Gasteiger partial charge on any atom is -0.493 e. The second-order valence-corrected chi connectivity index (χ2v) is 5.05. The highest BCUT2D eigenvalue weighted by molar-refractivity contribution is 5.54. The number of para-hydroxylation sites is 1. The van der Waals surface area contributed by atoms with Crippen LogP contribution >= 0.6 is 0 Å². The molecule has 0 heterocycles. The topological polar surface area (TPSA) is 30.5 Å². The van der Waals surface area contributed by atoms with Crippen LogP contribution in [0, 0.1) is 13.8 Å². The molecule has 0 saturated heterocycles. The molecule has 0 spiro atoms. The first-order valence-corrected chi connectivity index (χ1v) is 7.25. The van der Waals surface area contributed by atoms with Crippen molar-refractivity contribution in [3.63, 3.8) is 0 Å². The average Bonchev–Trinajstić information content (AvgIpc) is 2.47. The molecule has 0 atom stereocenters. The molecule has 1 N–H and O–H groups in total. The number of hydrogen-bond acceptors (Lipinski definition) is 3. The number of hydrogen-bond donors (Lipinski definition) is 1. The fraction of sp³-hybridized carbons (Fsp3) is 0.333. The first-order chi connectivity index (χ1) is 10.2. The number of benzene rings is 2. The smallest absolute Gasteiger partial charge is 0.165 e. The maximum atomic E-state index is 5.61. The first-order valence-electron chi connectivity index (χ1n) is 7.25. The van der Waals surface area contributed by atoms with Gasteiger partial charge in [0.25, 0.3) is 0 Å². The lowest BCUT2D eigenvalue weighted by atomic mass is 10.1. The van der Waals surface area contributed by atoms with Crippen molar-refractivity contribution in [1.82, 2.24) is 0 Å². The zero-order valence-electron chi connectivity index (χ0n) is 13.2. The third-order valence-corrected chi connectivity index (χ3v) is 3.42. The Morgan fingerprint density at radius 3 is 2.57 bits per heavy atom. The first kappa shape index (κ1) is 15.2. The van der Waals surface area contributed by atoms with E-state index >= 15 is 0 Å². The Labute approximate surface area is 126 Å². The van der Waals surface area contributed by atoms with Gasteiger partial charge in [0.05, 0.1) is 13.7 Å². The summed E-state index contributed by atoms with van der Waals surface area (Å²) in [6.45, 7) is 7.52. The van der Waals surface area contributed by atoms with E-state index in [9.17, 15) is 0 Å². The average molecular weight is 285 g/mol. The van der Waals surface area contributed by atoms with Crippen molar-refractivity contribution in [2.45, 2.75) is 27.3 Å². The quantitative estimate of drug-likeness (QED) is 0.857. The van der Waals surface area contributed by atoms with E-state index in [1.807, 2.05) is 19.1 Å². The molecular formula is C18H23NO2. The fourth-order valence-corrected chi connectivity index (χ4v) is 2.40. The minimum absolute atomic E-state index is 0.629. The molecule has 0 fully saturated rings. The molecule has 3 nitrogen and oxygen atoms in total. The number of anilines is 1. The summed E-state index contributed by atoms with van der Waals surface area (Å²) in [7, 11) is 1.68. The maximum Gasteiger partial charge on any atom is 0.165 e. The van der Waals surface area contributed by atoms with Gasteiger partial charge in [0, 0.05) is 17.8 Å². The van der Waals surface area contributed by atoms with Gasteiger partial charge in [-0.3, -0.25) is 0 Å². The molecule has 2 rings (SSSR count). The van der Waals surface area contributed by atoms with Crippen molar-refractivity contribution < 1.29 is 9.47 Å². The number of rotatable bonds is 6. The molecule has 21 heavy (non-hydrogen) atoms. The fourth-order valence-electron chi connectivity index (χ4n) is 2.40.